The molecule has 0 aliphatic carbocycles. The highest BCUT2D eigenvalue weighted by Crippen LogP contribution is 2.18. The minimum Gasteiger partial charge on any atom is -0.331 e. The van der Waals surface area contributed by atoms with E-state index in [1.54, 1.807) is 37.5 Å². The molecule has 1 N–H and O–H groups in total. The number of nitrogens with zero attached hydrogens (tertiary/aromatic N) is 2. The molecule has 0 atom stereocenters. The van der Waals surface area contributed by atoms with Gasteiger partial charge in [0.05, 0.1) is 6.54 Å². The molecule has 0 fully saturated rings. The Kier molecular flexibility index (Phi) is 4.95. The maximum Gasteiger partial charge on any atom is 0.273 e. The number of anilines is 1. The van der Waals surface area contributed by atoms with Crippen LogP contribution in [0.2, 0.25) is 5.02 Å². The highest BCUT2D eigenvalue weighted by molar-refractivity contribution is 6.30. The Hall–Kier alpha value is -2.92. The van der Waals surface area contributed by atoms with E-state index in [4.69, 9.17) is 11.6 Å². The number of hydrogen-bond acceptors (Lipinski definition) is 3. The van der Waals surface area contributed by atoms with Crippen molar-refractivity contribution in [3.63, 3.8) is 0 Å². The van der Waals surface area contributed by atoms with Gasteiger partial charge in [0, 0.05) is 29.3 Å². The molecule has 1 aromatic heterocycles. The molecule has 0 aliphatic rings. The van der Waals surface area contributed by atoms with Crippen LogP contribution in [0.5, 0.6) is 0 Å². The van der Waals surface area contributed by atoms with Crippen molar-refractivity contribution >= 4 is 39.9 Å². The molecule has 3 aromatic rings. The van der Waals surface area contributed by atoms with Crippen molar-refractivity contribution in [2.24, 2.45) is 0 Å². The van der Waals surface area contributed by atoms with Crippen molar-refractivity contribution < 1.29 is 9.59 Å². The maximum atomic E-state index is 12.7. The third-order valence-corrected chi connectivity index (χ3v) is 3.95. The minimum atomic E-state index is -0.307. The van der Waals surface area contributed by atoms with E-state index in [1.165, 1.54) is 4.90 Å². The average molecular weight is 354 g/mol. The Labute approximate surface area is 150 Å². The van der Waals surface area contributed by atoms with Crippen LogP contribution in [0.1, 0.15) is 10.5 Å². The number of amides is 2. The molecule has 0 radical (unpaired) electrons. The smallest absolute Gasteiger partial charge is 0.273 e. The first kappa shape index (κ1) is 16.9. The third-order valence-electron chi connectivity index (χ3n) is 3.71. The van der Waals surface area contributed by atoms with E-state index in [0.29, 0.717) is 16.4 Å². The largest absolute Gasteiger partial charge is 0.331 e. The SMILES string of the molecule is CN(CC(=O)Nc1cccc(Cl)c1)C(=O)c1nccc2ccccc12. The fraction of sp³-hybridized carbons (Fsp3) is 0.105. The fourth-order valence-electron chi connectivity index (χ4n) is 2.52. The lowest BCUT2D eigenvalue weighted by molar-refractivity contribution is -0.116. The van der Waals surface area contributed by atoms with Crippen molar-refractivity contribution in [1.29, 1.82) is 0 Å². The van der Waals surface area contributed by atoms with Gasteiger partial charge in [0.25, 0.3) is 5.91 Å². The zero-order chi connectivity index (χ0) is 17.8. The summed E-state index contributed by atoms with van der Waals surface area (Å²) in [7, 11) is 1.57. The summed E-state index contributed by atoms with van der Waals surface area (Å²) in [6, 6.07) is 16.2. The molecule has 0 unspecified atom stereocenters. The summed E-state index contributed by atoms with van der Waals surface area (Å²) in [4.78, 5) is 30.4. The van der Waals surface area contributed by atoms with Crippen LogP contribution in [0.4, 0.5) is 5.69 Å². The number of likely N-dealkylation sites (N-methyl/N-ethyl adjacent to an activating group) is 1. The first-order valence-electron chi connectivity index (χ1n) is 7.69. The molecule has 0 aliphatic heterocycles. The van der Waals surface area contributed by atoms with E-state index >= 15 is 0 Å². The summed E-state index contributed by atoms with van der Waals surface area (Å²) in [5.74, 6) is -0.614. The lowest BCUT2D eigenvalue weighted by Crippen LogP contribution is -2.35. The van der Waals surface area contributed by atoms with Crippen LogP contribution in [0.3, 0.4) is 0 Å². The van der Waals surface area contributed by atoms with Crippen LogP contribution in [-0.2, 0) is 4.79 Å². The Morgan fingerprint density at radius 1 is 1.12 bits per heavy atom. The standard InChI is InChI=1S/C19H16ClN3O2/c1-23(12-17(24)22-15-7-4-6-14(20)11-15)19(25)18-16-8-3-2-5-13(16)9-10-21-18/h2-11H,12H2,1H3,(H,22,24). The molecule has 126 valence electrons. The Morgan fingerprint density at radius 3 is 2.72 bits per heavy atom. The first-order valence-corrected chi connectivity index (χ1v) is 8.07. The van der Waals surface area contributed by atoms with Crippen LogP contribution < -0.4 is 5.32 Å². The van der Waals surface area contributed by atoms with Crippen LogP contribution in [0.15, 0.2) is 60.8 Å². The molecular formula is C19H16ClN3O2. The number of fused-ring (bicyclic) bond motifs is 1. The molecular weight excluding hydrogens is 338 g/mol. The number of benzene rings is 2. The number of carbonyl (C=O) groups excluding carboxylic acids is 2. The molecule has 0 spiro atoms. The number of nitrogens with one attached hydrogen (secondary N) is 1. The maximum absolute atomic E-state index is 12.7. The molecule has 1 heterocycles. The Bertz CT molecular complexity index is 937. The molecule has 6 heteroatoms. The minimum absolute atomic E-state index is 0.0871. The molecule has 0 bridgehead atoms. The summed E-state index contributed by atoms with van der Waals surface area (Å²) in [6.07, 6.45) is 1.59. The van der Waals surface area contributed by atoms with Crippen molar-refractivity contribution in [2.75, 3.05) is 18.9 Å². The fourth-order valence-corrected chi connectivity index (χ4v) is 2.72. The molecule has 5 nitrogen and oxygen atoms in total. The highest BCUT2D eigenvalue weighted by Gasteiger charge is 2.18. The molecule has 0 saturated heterocycles. The van der Waals surface area contributed by atoms with Gasteiger partial charge < -0.3 is 10.2 Å². The van der Waals surface area contributed by atoms with E-state index in [1.807, 2.05) is 30.3 Å². The summed E-state index contributed by atoms with van der Waals surface area (Å²) < 4.78 is 0. The number of pyridine rings is 1. The zero-order valence-corrected chi connectivity index (χ0v) is 14.3. The van der Waals surface area contributed by atoms with E-state index in [-0.39, 0.29) is 18.4 Å². The third kappa shape index (κ3) is 3.95. The van der Waals surface area contributed by atoms with Gasteiger partial charge in [-0.2, -0.15) is 0 Å². The quantitative estimate of drug-likeness (QED) is 0.779. The van der Waals surface area contributed by atoms with E-state index in [0.717, 1.165) is 10.8 Å². The van der Waals surface area contributed by atoms with Gasteiger partial charge in [0.15, 0.2) is 0 Å². The second-order valence-corrected chi connectivity index (χ2v) is 6.04. The van der Waals surface area contributed by atoms with Crippen molar-refractivity contribution in [3.05, 3.63) is 71.5 Å². The summed E-state index contributed by atoms with van der Waals surface area (Å²) in [6.45, 7) is -0.0871. The molecule has 3 rings (SSSR count). The van der Waals surface area contributed by atoms with E-state index in [2.05, 4.69) is 10.3 Å². The van der Waals surface area contributed by atoms with Gasteiger partial charge in [0.2, 0.25) is 5.91 Å². The number of carbonyl (C=O) groups is 2. The summed E-state index contributed by atoms with van der Waals surface area (Å²) in [5.41, 5.74) is 0.915. The number of aromatic nitrogens is 1. The van der Waals surface area contributed by atoms with Gasteiger partial charge in [-0.1, -0.05) is 41.9 Å². The van der Waals surface area contributed by atoms with Gasteiger partial charge >= 0.3 is 0 Å². The molecule has 2 amide bonds. The zero-order valence-electron chi connectivity index (χ0n) is 13.6. The van der Waals surface area contributed by atoms with Gasteiger partial charge in [-0.25, -0.2) is 0 Å². The van der Waals surface area contributed by atoms with Crippen LogP contribution in [0, 0.1) is 0 Å². The van der Waals surface area contributed by atoms with Gasteiger partial charge in [-0.05, 0) is 29.7 Å². The predicted molar refractivity (Wildman–Crippen MR) is 98.8 cm³/mol. The Morgan fingerprint density at radius 2 is 1.92 bits per heavy atom. The summed E-state index contributed by atoms with van der Waals surface area (Å²) >= 11 is 5.90. The van der Waals surface area contributed by atoms with Crippen LogP contribution >= 0.6 is 11.6 Å². The normalized spacial score (nSPS) is 10.5. The van der Waals surface area contributed by atoms with Crippen LogP contribution in [-0.4, -0.2) is 35.3 Å². The van der Waals surface area contributed by atoms with E-state index in [9.17, 15) is 9.59 Å². The van der Waals surface area contributed by atoms with Crippen molar-refractivity contribution in [1.82, 2.24) is 9.88 Å². The lowest BCUT2D eigenvalue weighted by Gasteiger charge is -2.17. The highest BCUT2D eigenvalue weighted by atomic mass is 35.5. The van der Waals surface area contributed by atoms with Crippen molar-refractivity contribution in [3.8, 4) is 0 Å². The van der Waals surface area contributed by atoms with Crippen LogP contribution in [0.25, 0.3) is 10.8 Å². The van der Waals surface area contributed by atoms with Gasteiger partial charge in [-0.15, -0.1) is 0 Å². The second-order valence-electron chi connectivity index (χ2n) is 5.60. The predicted octanol–water partition coefficient (Wildman–Crippen LogP) is 3.60. The van der Waals surface area contributed by atoms with E-state index < -0.39 is 0 Å². The summed E-state index contributed by atoms with van der Waals surface area (Å²) in [5, 5.41) is 4.94. The van der Waals surface area contributed by atoms with Crippen molar-refractivity contribution in [2.45, 2.75) is 0 Å². The molecule has 25 heavy (non-hydrogen) atoms. The van der Waals surface area contributed by atoms with Gasteiger partial charge in [0.1, 0.15) is 5.69 Å². The molecule has 2 aromatic carbocycles. The average Bonchev–Trinajstić information content (AvgIpc) is 2.60. The number of halogens is 1. The first-order chi connectivity index (χ1) is 12.0. The second kappa shape index (κ2) is 7.32. The number of hydrogen-bond donors (Lipinski definition) is 1. The van der Waals surface area contributed by atoms with Gasteiger partial charge in [-0.3, -0.25) is 14.6 Å². The lowest BCUT2D eigenvalue weighted by atomic mass is 10.1. The molecule has 0 saturated carbocycles. The topological polar surface area (TPSA) is 62.3 Å². The Balaban J connectivity index is 1.73. The number of rotatable bonds is 4. The monoisotopic (exact) mass is 353 g/mol.